The van der Waals surface area contributed by atoms with E-state index in [1.165, 1.54) is 5.57 Å². The lowest BCUT2D eigenvalue weighted by molar-refractivity contribution is -0.147. The van der Waals surface area contributed by atoms with Crippen molar-refractivity contribution in [2.45, 2.75) is 58.8 Å². The number of fused-ring (bicyclic) bond motifs is 5. The monoisotopic (exact) mass is 327 g/mol. The van der Waals surface area contributed by atoms with Gasteiger partial charge in [-0.1, -0.05) is 19.4 Å². The summed E-state index contributed by atoms with van der Waals surface area (Å²) in [4.78, 5) is 37.1. The van der Waals surface area contributed by atoms with E-state index < -0.39 is 0 Å². The van der Waals surface area contributed by atoms with Crippen molar-refractivity contribution in [2.75, 3.05) is 0 Å². The third-order valence-corrected chi connectivity index (χ3v) is 8.04. The summed E-state index contributed by atoms with van der Waals surface area (Å²) < 4.78 is 0. The fraction of sp³-hybridized carbons (Fsp3) is 0.714. The number of allylic oxidation sites excluding steroid dienone is 1. The zero-order valence-corrected chi connectivity index (χ0v) is 14.8. The first-order chi connectivity index (χ1) is 11.3. The van der Waals surface area contributed by atoms with Gasteiger partial charge in [0.05, 0.1) is 0 Å². The normalized spacial score (nSPS) is 47.5. The molecule has 3 fully saturated rings. The molecule has 24 heavy (non-hydrogen) atoms. The Bertz CT molecular complexity index is 660. The smallest absolute Gasteiger partial charge is 0.155 e. The lowest BCUT2D eigenvalue weighted by Crippen LogP contribution is -2.55. The Kier molecular flexibility index (Phi) is 3.47. The minimum absolute atomic E-state index is 0.0112. The molecule has 1 radical (unpaired) electrons. The summed E-state index contributed by atoms with van der Waals surface area (Å²) in [5, 5.41) is 0. The van der Waals surface area contributed by atoms with Gasteiger partial charge in [-0.05, 0) is 60.8 Å². The number of carbonyl (C=O) groups excluding carboxylic acids is 3. The minimum Gasteiger partial charge on any atom is -0.299 e. The molecule has 0 N–H and O–H groups in total. The first kappa shape index (κ1) is 16.2. The summed E-state index contributed by atoms with van der Waals surface area (Å²) in [5.74, 6) is 1.37. The molecule has 3 saturated carbocycles. The fourth-order valence-electron chi connectivity index (χ4n) is 6.91. The van der Waals surface area contributed by atoms with Gasteiger partial charge in [-0.25, -0.2) is 0 Å². The molecular weight excluding hydrogens is 300 g/mol. The van der Waals surface area contributed by atoms with Crippen LogP contribution in [0, 0.1) is 41.4 Å². The summed E-state index contributed by atoms with van der Waals surface area (Å²) in [5.41, 5.74) is 0.876. The molecular formula is C21H27O3. The van der Waals surface area contributed by atoms with E-state index in [0.29, 0.717) is 30.5 Å². The maximum absolute atomic E-state index is 13.2. The molecule has 4 aliphatic carbocycles. The van der Waals surface area contributed by atoms with Crippen molar-refractivity contribution >= 4 is 17.3 Å². The van der Waals surface area contributed by atoms with Crippen LogP contribution in [0.4, 0.5) is 0 Å². The predicted octanol–water partition coefficient (Wildman–Crippen LogP) is 3.72. The highest BCUT2D eigenvalue weighted by atomic mass is 16.1. The molecule has 129 valence electrons. The Balaban J connectivity index is 1.74. The fourth-order valence-corrected chi connectivity index (χ4v) is 6.91. The molecule has 0 amide bonds. The Labute approximate surface area is 144 Å². The van der Waals surface area contributed by atoms with Crippen LogP contribution in [-0.4, -0.2) is 17.3 Å². The van der Waals surface area contributed by atoms with Crippen LogP contribution in [-0.2, 0) is 14.4 Å². The van der Waals surface area contributed by atoms with E-state index in [0.717, 1.165) is 32.1 Å². The van der Waals surface area contributed by atoms with Crippen molar-refractivity contribution in [1.82, 2.24) is 0 Å². The SMILES string of the molecule is [CH2]C(=O)[C@H]1CC[C@H]2[C@@H]3CCC4=CC(=O)CC[C@]4(C)[C@H]3C(=O)C[C@]12C. The maximum atomic E-state index is 13.2. The van der Waals surface area contributed by atoms with Gasteiger partial charge in [0, 0.05) is 31.6 Å². The Morgan fingerprint density at radius 2 is 1.92 bits per heavy atom. The number of carbonyl (C=O) groups is 3. The zero-order valence-electron chi connectivity index (χ0n) is 14.8. The molecule has 0 aliphatic heterocycles. The Morgan fingerprint density at radius 3 is 2.62 bits per heavy atom. The predicted molar refractivity (Wildman–Crippen MR) is 91.0 cm³/mol. The van der Waals surface area contributed by atoms with Crippen LogP contribution >= 0.6 is 0 Å². The summed E-state index contributed by atoms with van der Waals surface area (Å²) in [6, 6.07) is 0. The molecule has 0 aromatic rings. The highest BCUT2D eigenvalue weighted by molar-refractivity contribution is 5.93. The van der Waals surface area contributed by atoms with E-state index in [9.17, 15) is 14.4 Å². The van der Waals surface area contributed by atoms with E-state index in [1.807, 2.05) is 6.08 Å². The first-order valence-electron chi connectivity index (χ1n) is 9.40. The van der Waals surface area contributed by atoms with Crippen molar-refractivity contribution in [2.24, 2.45) is 34.5 Å². The summed E-state index contributed by atoms with van der Waals surface area (Å²) in [7, 11) is 0. The molecule has 0 spiro atoms. The quantitative estimate of drug-likeness (QED) is 0.737. The lowest BCUT2D eigenvalue weighted by Gasteiger charge is -2.56. The molecule has 0 heterocycles. The molecule has 3 nitrogen and oxygen atoms in total. The number of hydrogen-bond donors (Lipinski definition) is 0. The second-order valence-electron chi connectivity index (χ2n) is 9.09. The van der Waals surface area contributed by atoms with E-state index >= 15 is 0 Å². The molecule has 0 unspecified atom stereocenters. The maximum Gasteiger partial charge on any atom is 0.155 e. The van der Waals surface area contributed by atoms with Crippen LogP contribution in [0.2, 0.25) is 0 Å². The second-order valence-corrected chi connectivity index (χ2v) is 9.09. The third-order valence-electron chi connectivity index (χ3n) is 8.04. The molecule has 0 bridgehead atoms. The van der Waals surface area contributed by atoms with Gasteiger partial charge in [0.25, 0.3) is 0 Å². The van der Waals surface area contributed by atoms with Crippen LogP contribution in [0.3, 0.4) is 0 Å². The van der Waals surface area contributed by atoms with Gasteiger partial charge in [-0.3, -0.25) is 14.4 Å². The van der Waals surface area contributed by atoms with E-state index in [-0.39, 0.29) is 34.2 Å². The number of rotatable bonds is 1. The highest BCUT2D eigenvalue weighted by Crippen LogP contribution is 2.65. The standard InChI is InChI=1S/C21H27O3/c1-12(22)16-6-7-17-15-5-4-13-10-14(23)8-9-20(13,2)19(15)18(24)11-21(16,17)3/h10,15-17,19H,1,4-9,11H2,2-3H3/t15-,16+,17-,19+,20-,21+/m0/s1. The molecule has 6 atom stereocenters. The average molecular weight is 327 g/mol. The number of ketones is 3. The molecule has 0 aromatic carbocycles. The van der Waals surface area contributed by atoms with Gasteiger partial charge in [0.2, 0.25) is 0 Å². The van der Waals surface area contributed by atoms with Gasteiger partial charge < -0.3 is 0 Å². The van der Waals surface area contributed by atoms with Gasteiger partial charge in [-0.15, -0.1) is 0 Å². The van der Waals surface area contributed by atoms with Crippen LogP contribution in [0.1, 0.15) is 58.8 Å². The lowest BCUT2D eigenvalue weighted by atomic mass is 9.46. The minimum atomic E-state index is -0.195. The topological polar surface area (TPSA) is 51.2 Å². The van der Waals surface area contributed by atoms with E-state index in [2.05, 4.69) is 20.8 Å². The molecule has 4 rings (SSSR count). The van der Waals surface area contributed by atoms with Gasteiger partial charge in [0.15, 0.2) is 5.78 Å². The number of hydrogen-bond acceptors (Lipinski definition) is 3. The Morgan fingerprint density at radius 1 is 1.17 bits per heavy atom. The van der Waals surface area contributed by atoms with Crippen LogP contribution in [0.25, 0.3) is 0 Å². The van der Waals surface area contributed by atoms with E-state index in [1.54, 1.807) is 0 Å². The largest absolute Gasteiger partial charge is 0.299 e. The van der Waals surface area contributed by atoms with Crippen molar-refractivity contribution in [3.8, 4) is 0 Å². The third kappa shape index (κ3) is 1.99. The van der Waals surface area contributed by atoms with E-state index in [4.69, 9.17) is 0 Å². The van der Waals surface area contributed by atoms with Gasteiger partial charge in [-0.2, -0.15) is 0 Å². The second kappa shape index (κ2) is 5.12. The Hall–Kier alpha value is -1.25. The van der Waals surface area contributed by atoms with Gasteiger partial charge >= 0.3 is 0 Å². The first-order valence-corrected chi connectivity index (χ1v) is 9.40. The van der Waals surface area contributed by atoms with Crippen molar-refractivity contribution in [3.63, 3.8) is 0 Å². The van der Waals surface area contributed by atoms with Crippen molar-refractivity contribution in [3.05, 3.63) is 18.6 Å². The summed E-state index contributed by atoms with van der Waals surface area (Å²) >= 11 is 0. The number of Topliss-reactive ketones (excluding diaryl/α,β-unsaturated/α-hetero) is 2. The zero-order chi connectivity index (χ0) is 17.3. The molecule has 0 saturated heterocycles. The highest BCUT2D eigenvalue weighted by Gasteiger charge is 2.62. The summed E-state index contributed by atoms with van der Waals surface area (Å²) in [6.45, 7) is 8.04. The molecule has 4 aliphatic rings. The van der Waals surface area contributed by atoms with Crippen molar-refractivity contribution in [1.29, 1.82) is 0 Å². The van der Waals surface area contributed by atoms with Crippen LogP contribution in [0.15, 0.2) is 11.6 Å². The molecule has 3 heteroatoms. The van der Waals surface area contributed by atoms with Crippen molar-refractivity contribution < 1.29 is 14.4 Å². The van der Waals surface area contributed by atoms with Gasteiger partial charge in [0.1, 0.15) is 11.6 Å². The molecule has 0 aromatic heterocycles. The van der Waals surface area contributed by atoms with Crippen LogP contribution in [0.5, 0.6) is 0 Å². The summed E-state index contributed by atoms with van der Waals surface area (Å²) in [6.07, 6.45) is 7.59. The average Bonchev–Trinajstić information content (AvgIpc) is 2.84. The van der Waals surface area contributed by atoms with Crippen LogP contribution < -0.4 is 0 Å².